The molecule has 0 aliphatic heterocycles. The van der Waals surface area contributed by atoms with Crippen molar-refractivity contribution in [3.05, 3.63) is 69.0 Å². The third-order valence-corrected chi connectivity index (χ3v) is 4.54. The largest absolute Gasteiger partial charge is 0.336 e. The molecule has 0 bridgehead atoms. The van der Waals surface area contributed by atoms with Gasteiger partial charge in [0.2, 0.25) is 0 Å². The van der Waals surface area contributed by atoms with Gasteiger partial charge in [-0.2, -0.15) is 0 Å². The molecule has 2 aromatic carbocycles. The number of nitrogens with one attached hydrogen (secondary N) is 1. The lowest BCUT2D eigenvalue weighted by Gasteiger charge is -2.09. The van der Waals surface area contributed by atoms with Crippen molar-refractivity contribution >= 4 is 39.7 Å². The van der Waals surface area contributed by atoms with Crippen LogP contribution in [0.2, 0.25) is 5.02 Å². The van der Waals surface area contributed by atoms with E-state index in [1.807, 2.05) is 47.2 Å². The quantitative estimate of drug-likeness (QED) is 0.585. The minimum Gasteiger partial charge on any atom is -0.336 e. The third kappa shape index (κ3) is 2.46. The lowest BCUT2D eigenvalue weighted by Crippen LogP contribution is -1.97. The number of hydrogen-bond acceptors (Lipinski definition) is 1. The average Bonchev–Trinajstić information content (AvgIpc) is 2.85. The van der Waals surface area contributed by atoms with Gasteiger partial charge < -0.3 is 4.98 Å². The molecule has 0 aliphatic rings. The summed E-state index contributed by atoms with van der Waals surface area (Å²) < 4.78 is 3.48. The fourth-order valence-corrected chi connectivity index (χ4v) is 2.75. The Balaban J connectivity index is 2.22. The van der Waals surface area contributed by atoms with Gasteiger partial charge in [-0.1, -0.05) is 41.9 Å². The molecule has 0 saturated carbocycles. The normalized spacial score (nSPS) is 10.7. The maximum Gasteiger partial charge on any atom is 0.182 e. The van der Waals surface area contributed by atoms with Gasteiger partial charge in [0, 0.05) is 21.9 Å². The van der Waals surface area contributed by atoms with Crippen LogP contribution in [0.25, 0.3) is 16.9 Å². The Morgan fingerprint density at radius 3 is 2.55 bits per heavy atom. The van der Waals surface area contributed by atoms with Crippen LogP contribution in [-0.2, 0) is 0 Å². The molecule has 5 heteroatoms. The van der Waals surface area contributed by atoms with Crippen LogP contribution in [-0.4, -0.2) is 9.55 Å². The molecular formula is C15H10BrClN2S. The summed E-state index contributed by atoms with van der Waals surface area (Å²) in [6, 6.07) is 15.9. The number of H-pyrrole nitrogens is 1. The van der Waals surface area contributed by atoms with E-state index in [-0.39, 0.29) is 0 Å². The monoisotopic (exact) mass is 364 g/mol. The van der Waals surface area contributed by atoms with E-state index in [1.165, 1.54) is 0 Å². The number of imidazole rings is 1. The lowest BCUT2D eigenvalue weighted by atomic mass is 10.1. The maximum absolute atomic E-state index is 6.18. The minimum absolute atomic E-state index is 0.641. The summed E-state index contributed by atoms with van der Waals surface area (Å²) in [6.07, 6.45) is 1.91. The Bertz CT molecular complexity index is 808. The summed E-state index contributed by atoms with van der Waals surface area (Å²) in [5.41, 5.74) is 3.04. The van der Waals surface area contributed by atoms with Crippen LogP contribution in [0.3, 0.4) is 0 Å². The summed E-state index contributed by atoms with van der Waals surface area (Å²) >= 11 is 15.0. The predicted molar refractivity (Wildman–Crippen MR) is 89.1 cm³/mol. The topological polar surface area (TPSA) is 20.7 Å². The van der Waals surface area contributed by atoms with Crippen molar-refractivity contribution in [3.8, 4) is 16.9 Å². The zero-order chi connectivity index (χ0) is 14.1. The Morgan fingerprint density at radius 2 is 1.85 bits per heavy atom. The van der Waals surface area contributed by atoms with Crippen molar-refractivity contribution in [2.24, 2.45) is 0 Å². The highest BCUT2D eigenvalue weighted by Gasteiger charge is 2.09. The molecule has 0 amide bonds. The van der Waals surface area contributed by atoms with Gasteiger partial charge in [-0.25, -0.2) is 0 Å². The molecule has 0 atom stereocenters. The van der Waals surface area contributed by atoms with E-state index in [0.29, 0.717) is 9.79 Å². The second-order valence-electron chi connectivity index (χ2n) is 4.28. The highest BCUT2D eigenvalue weighted by atomic mass is 79.9. The molecule has 20 heavy (non-hydrogen) atoms. The second-order valence-corrected chi connectivity index (χ2v) is 5.93. The van der Waals surface area contributed by atoms with Crippen molar-refractivity contribution in [2.75, 3.05) is 0 Å². The van der Waals surface area contributed by atoms with Gasteiger partial charge in [0.1, 0.15) is 0 Å². The van der Waals surface area contributed by atoms with Crippen molar-refractivity contribution in [1.29, 1.82) is 0 Å². The zero-order valence-electron chi connectivity index (χ0n) is 10.3. The number of aromatic amines is 1. The number of halogens is 2. The first kappa shape index (κ1) is 13.6. The summed E-state index contributed by atoms with van der Waals surface area (Å²) in [5, 5.41) is 0.657. The number of aromatic nitrogens is 2. The van der Waals surface area contributed by atoms with Gasteiger partial charge in [0.15, 0.2) is 4.77 Å². The van der Waals surface area contributed by atoms with Gasteiger partial charge in [0.05, 0.1) is 10.7 Å². The number of rotatable bonds is 2. The maximum atomic E-state index is 6.18. The average molecular weight is 366 g/mol. The minimum atomic E-state index is 0.641. The molecule has 1 aromatic heterocycles. The Kier molecular flexibility index (Phi) is 3.78. The van der Waals surface area contributed by atoms with E-state index in [2.05, 4.69) is 33.0 Å². The van der Waals surface area contributed by atoms with Gasteiger partial charge in [-0.05, 0) is 46.3 Å². The summed E-state index contributed by atoms with van der Waals surface area (Å²) in [7, 11) is 0. The highest BCUT2D eigenvalue weighted by molar-refractivity contribution is 9.10. The number of benzene rings is 2. The molecular weight excluding hydrogens is 356 g/mol. The fraction of sp³-hybridized carbons (Fsp3) is 0. The zero-order valence-corrected chi connectivity index (χ0v) is 13.5. The Morgan fingerprint density at radius 1 is 1.10 bits per heavy atom. The summed E-state index contributed by atoms with van der Waals surface area (Å²) in [4.78, 5) is 3.09. The SMILES string of the molecule is S=c1[nH]cc(-c2ccccc2)n1-c1ccc(Br)c(Cl)c1. The van der Waals surface area contributed by atoms with E-state index in [1.54, 1.807) is 0 Å². The lowest BCUT2D eigenvalue weighted by molar-refractivity contribution is 1.04. The molecule has 3 rings (SSSR count). The highest BCUT2D eigenvalue weighted by Crippen LogP contribution is 2.28. The molecule has 100 valence electrons. The summed E-state index contributed by atoms with van der Waals surface area (Å²) in [5.74, 6) is 0. The first-order valence-corrected chi connectivity index (χ1v) is 7.56. The van der Waals surface area contributed by atoms with Gasteiger partial charge >= 0.3 is 0 Å². The Hall–Kier alpha value is -1.36. The van der Waals surface area contributed by atoms with Gasteiger partial charge in [-0.3, -0.25) is 4.57 Å². The molecule has 3 aromatic rings. The molecule has 1 heterocycles. The van der Waals surface area contributed by atoms with E-state index in [0.717, 1.165) is 21.4 Å². The van der Waals surface area contributed by atoms with Crippen molar-refractivity contribution in [1.82, 2.24) is 9.55 Å². The van der Waals surface area contributed by atoms with Crippen molar-refractivity contribution in [2.45, 2.75) is 0 Å². The van der Waals surface area contributed by atoms with Crippen molar-refractivity contribution in [3.63, 3.8) is 0 Å². The van der Waals surface area contributed by atoms with Crippen LogP contribution in [0.15, 0.2) is 59.2 Å². The molecule has 0 saturated heterocycles. The second kappa shape index (κ2) is 5.56. The van der Waals surface area contributed by atoms with Crippen LogP contribution < -0.4 is 0 Å². The van der Waals surface area contributed by atoms with Crippen LogP contribution in [0, 0.1) is 4.77 Å². The molecule has 2 nitrogen and oxygen atoms in total. The predicted octanol–water partition coefficient (Wildman–Crippen LogP) is 5.62. The fourth-order valence-electron chi connectivity index (χ4n) is 2.07. The van der Waals surface area contributed by atoms with Crippen LogP contribution >= 0.6 is 39.7 Å². The Labute approximate surface area is 135 Å². The van der Waals surface area contributed by atoms with Gasteiger partial charge in [-0.15, -0.1) is 0 Å². The first-order chi connectivity index (χ1) is 9.66. The molecule has 0 aliphatic carbocycles. The van der Waals surface area contributed by atoms with E-state index in [4.69, 9.17) is 23.8 Å². The van der Waals surface area contributed by atoms with Crippen LogP contribution in [0.1, 0.15) is 0 Å². The van der Waals surface area contributed by atoms with Crippen LogP contribution in [0.5, 0.6) is 0 Å². The molecule has 0 radical (unpaired) electrons. The van der Waals surface area contributed by atoms with E-state index < -0.39 is 0 Å². The molecule has 0 unspecified atom stereocenters. The third-order valence-electron chi connectivity index (χ3n) is 3.01. The van der Waals surface area contributed by atoms with E-state index in [9.17, 15) is 0 Å². The summed E-state index contributed by atoms with van der Waals surface area (Å²) in [6.45, 7) is 0. The molecule has 1 N–H and O–H groups in total. The standard InChI is InChI=1S/C15H10BrClN2S/c16-12-7-6-11(8-13(12)17)19-14(9-18-15(19)20)10-4-2-1-3-5-10/h1-9H,(H,18,20). The van der Waals surface area contributed by atoms with Crippen molar-refractivity contribution < 1.29 is 0 Å². The molecule has 0 fully saturated rings. The first-order valence-electron chi connectivity index (χ1n) is 5.98. The van der Waals surface area contributed by atoms with E-state index >= 15 is 0 Å². The smallest absolute Gasteiger partial charge is 0.182 e. The van der Waals surface area contributed by atoms with Crippen LogP contribution in [0.4, 0.5) is 0 Å². The van der Waals surface area contributed by atoms with Gasteiger partial charge in [0.25, 0.3) is 0 Å². The molecule has 0 spiro atoms. The number of hydrogen-bond donors (Lipinski definition) is 1. The number of nitrogens with zero attached hydrogens (tertiary/aromatic N) is 1.